The normalized spacial score (nSPS) is 34.9. The summed E-state index contributed by atoms with van der Waals surface area (Å²) in [5, 5.41) is 16.4. The minimum absolute atomic E-state index is 0.0394. The van der Waals surface area contributed by atoms with Crippen molar-refractivity contribution < 1.29 is 9.72 Å². The van der Waals surface area contributed by atoms with E-state index in [0.29, 0.717) is 5.56 Å². The van der Waals surface area contributed by atoms with Crippen LogP contribution < -0.4 is 5.43 Å². The predicted molar refractivity (Wildman–Crippen MR) is 87.3 cm³/mol. The van der Waals surface area contributed by atoms with E-state index >= 15 is 0 Å². The summed E-state index contributed by atoms with van der Waals surface area (Å²) >= 11 is 1.06. The zero-order valence-corrected chi connectivity index (χ0v) is 13.6. The molecule has 0 atom stereocenters. The van der Waals surface area contributed by atoms with Gasteiger partial charge in [0.05, 0.1) is 16.6 Å². The molecule has 1 amide bonds. The molecular weight excluding hydrogens is 314 g/mol. The Hall–Kier alpha value is -1.76. The molecule has 4 fully saturated rings. The molecular formula is C16H19N3O3S. The minimum Gasteiger partial charge on any atom is -0.273 e. The van der Waals surface area contributed by atoms with Crippen molar-refractivity contribution in [2.45, 2.75) is 38.5 Å². The van der Waals surface area contributed by atoms with Crippen LogP contribution in [0.2, 0.25) is 0 Å². The van der Waals surface area contributed by atoms with Crippen LogP contribution in [0.25, 0.3) is 0 Å². The van der Waals surface area contributed by atoms with Crippen LogP contribution in [0.3, 0.4) is 0 Å². The molecule has 0 spiro atoms. The van der Waals surface area contributed by atoms with Crippen molar-refractivity contribution >= 4 is 28.5 Å². The van der Waals surface area contributed by atoms with E-state index in [1.807, 2.05) is 0 Å². The zero-order chi connectivity index (χ0) is 16.0. The van der Waals surface area contributed by atoms with Crippen LogP contribution in [0.15, 0.2) is 16.5 Å². The number of nitrogens with zero attached hydrogens (tertiary/aromatic N) is 2. The molecule has 0 aromatic carbocycles. The number of amides is 1. The number of hydrazone groups is 1. The molecule has 1 aromatic rings. The standard InChI is InChI=1S/C16H19N3O3S/c20-15(18-17-8-13-4-14(19(21)22)23-9-13)16-5-10-1-11(6-16)3-12(2-10)7-16/h4,8-12H,1-3,5-7H2,(H,18,20)/b17-8+. The Morgan fingerprint density at radius 3 is 2.43 bits per heavy atom. The van der Waals surface area contributed by atoms with Crippen LogP contribution in [0.1, 0.15) is 44.1 Å². The van der Waals surface area contributed by atoms with E-state index in [0.717, 1.165) is 48.4 Å². The van der Waals surface area contributed by atoms with Gasteiger partial charge in [-0.15, -0.1) is 0 Å². The maximum atomic E-state index is 12.7. The summed E-state index contributed by atoms with van der Waals surface area (Å²) < 4.78 is 0. The van der Waals surface area contributed by atoms with Gasteiger partial charge in [-0.05, 0) is 56.3 Å². The molecule has 4 aliphatic carbocycles. The topological polar surface area (TPSA) is 84.6 Å². The van der Waals surface area contributed by atoms with Crippen molar-refractivity contribution in [2.75, 3.05) is 0 Å². The second kappa shape index (κ2) is 5.40. The first kappa shape index (κ1) is 14.8. The summed E-state index contributed by atoms with van der Waals surface area (Å²) in [6.45, 7) is 0. The lowest BCUT2D eigenvalue weighted by Crippen LogP contribution is -2.52. The van der Waals surface area contributed by atoms with Crippen molar-refractivity contribution in [3.63, 3.8) is 0 Å². The molecule has 1 N–H and O–H groups in total. The maximum Gasteiger partial charge on any atom is 0.324 e. The third-order valence-electron chi connectivity index (χ3n) is 5.69. The number of carbonyl (C=O) groups excluding carboxylic acids is 1. The van der Waals surface area contributed by atoms with E-state index in [1.54, 1.807) is 5.38 Å². The third kappa shape index (κ3) is 2.67. The van der Waals surface area contributed by atoms with Gasteiger partial charge in [-0.1, -0.05) is 11.3 Å². The van der Waals surface area contributed by atoms with Gasteiger partial charge >= 0.3 is 5.00 Å². The largest absolute Gasteiger partial charge is 0.324 e. The predicted octanol–water partition coefficient (Wildman–Crippen LogP) is 3.32. The van der Waals surface area contributed by atoms with Crippen LogP contribution in [0, 0.1) is 33.3 Å². The molecule has 0 radical (unpaired) electrons. The van der Waals surface area contributed by atoms with Gasteiger partial charge in [-0.3, -0.25) is 14.9 Å². The van der Waals surface area contributed by atoms with Crippen LogP contribution in [0.4, 0.5) is 5.00 Å². The van der Waals surface area contributed by atoms with Gasteiger partial charge < -0.3 is 0 Å². The molecule has 1 aromatic heterocycles. The van der Waals surface area contributed by atoms with Gasteiger partial charge in [0.1, 0.15) is 0 Å². The Kier molecular flexibility index (Phi) is 3.48. The molecule has 1 heterocycles. The number of carbonyl (C=O) groups is 1. The molecule has 23 heavy (non-hydrogen) atoms. The summed E-state index contributed by atoms with van der Waals surface area (Å²) in [5.74, 6) is 2.19. The van der Waals surface area contributed by atoms with Crippen LogP contribution in [-0.4, -0.2) is 17.0 Å². The highest BCUT2D eigenvalue weighted by Crippen LogP contribution is 2.60. The highest BCUT2D eigenvalue weighted by Gasteiger charge is 2.54. The lowest BCUT2D eigenvalue weighted by molar-refractivity contribution is -0.380. The molecule has 5 rings (SSSR count). The number of nitrogens with one attached hydrogen (secondary N) is 1. The molecule has 7 heteroatoms. The number of rotatable bonds is 4. The second-order valence-electron chi connectivity index (χ2n) is 7.37. The van der Waals surface area contributed by atoms with Gasteiger partial charge in [0.25, 0.3) is 0 Å². The number of thiophene rings is 1. The minimum atomic E-state index is -0.421. The Morgan fingerprint density at radius 1 is 1.30 bits per heavy atom. The smallest absolute Gasteiger partial charge is 0.273 e. The lowest BCUT2D eigenvalue weighted by Gasteiger charge is -2.55. The van der Waals surface area contributed by atoms with E-state index in [2.05, 4.69) is 10.5 Å². The quantitative estimate of drug-likeness (QED) is 0.521. The zero-order valence-electron chi connectivity index (χ0n) is 12.7. The van der Waals surface area contributed by atoms with Gasteiger partial charge in [-0.2, -0.15) is 5.10 Å². The third-order valence-corrected chi connectivity index (χ3v) is 6.58. The summed E-state index contributed by atoms with van der Waals surface area (Å²) in [6.07, 6.45) is 8.40. The summed E-state index contributed by atoms with van der Waals surface area (Å²) in [7, 11) is 0. The fraction of sp³-hybridized carbons (Fsp3) is 0.625. The molecule has 4 aliphatic rings. The summed E-state index contributed by atoms with van der Waals surface area (Å²) in [4.78, 5) is 22.9. The van der Waals surface area contributed by atoms with Crippen molar-refractivity contribution in [2.24, 2.45) is 28.3 Å². The maximum absolute atomic E-state index is 12.7. The van der Waals surface area contributed by atoms with E-state index in [1.165, 1.54) is 31.5 Å². The van der Waals surface area contributed by atoms with E-state index in [-0.39, 0.29) is 16.3 Å². The monoisotopic (exact) mass is 333 g/mol. The van der Waals surface area contributed by atoms with Gasteiger partial charge in [-0.25, -0.2) is 5.43 Å². The summed E-state index contributed by atoms with van der Waals surface area (Å²) in [5.41, 5.74) is 3.12. The SMILES string of the molecule is O=C(N/N=C/c1csc([N+](=O)[O-])c1)C12CC3CC(CC(C3)C1)C2. The lowest BCUT2D eigenvalue weighted by atomic mass is 9.49. The molecule has 0 saturated heterocycles. The van der Waals surface area contributed by atoms with Crippen molar-refractivity contribution in [1.82, 2.24) is 5.43 Å². The van der Waals surface area contributed by atoms with Crippen LogP contribution >= 0.6 is 11.3 Å². The van der Waals surface area contributed by atoms with Crippen molar-refractivity contribution in [3.05, 3.63) is 27.1 Å². The van der Waals surface area contributed by atoms with Crippen LogP contribution in [0.5, 0.6) is 0 Å². The number of hydrogen-bond donors (Lipinski definition) is 1. The van der Waals surface area contributed by atoms with Crippen LogP contribution in [-0.2, 0) is 4.79 Å². The first-order valence-electron chi connectivity index (χ1n) is 8.10. The Morgan fingerprint density at radius 2 is 1.91 bits per heavy atom. The fourth-order valence-electron chi connectivity index (χ4n) is 5.18. The highest BCUT2D eigenvalue weighted by atomic mass is 32.1. The number of hydrogen-bond acceptors (Lipinski definition) is 5. The molecule has 122 valence electrons. The average molecular weight is 333 g/mol. The average Bonchev–Trinajstić information content (AvgIpc) is 2.95. The van der Waals surface area contributed by atoms with E-state index < -0.39 is 4.92 Å². The van der Waals surface area contributed by atoms with E-state index in [4.69, 9.17) is 0 Å². The highest BCUT2D eigenvalue weighted by molar-refractivity contribution is 7.13. The number of nitro groups is 1. The molecule has 0 aliphatic heterocycles. The second-order valence-corrected chi connectivity index (χ2v) is 8.26. The first-order valence-corrected chi connectivity index (χ1v) is 8.98. The Balaban J connectivity index is 1.42. The summed E-state index contributed by atoms with van der Waals surface area (Å²) in [6, 6.07) is 1.46. The fourth-order valence-corrected chi connectivity index (χ4v) is 5.85. The molecule has 4 bridgehead atoms. The first-order chi connectivity index (χ1) is 11.0. The molecule has 0 unspecified atom stereocenters. The van der Waals surface area contributed by atoms with Crippen molar-refractivity contribution in [3.8, 4) is 0 Å². The van der Waals surface area contributed by atoms with E-state index in [9.17, 15) is 14.9 Å². The Bertz CT molecular complexity index is 647. The van der Waals surface area contributed by atoms with Crippen molar-refractivity contribution in [1.29, 1.82) is 0 Å². The van der Waals surface area contributed by atoms with Gasteiger partial charge in [0.2, 0.25) is 5.91 Å². The Labute approximate surface area is 138 Å². The molecule has 6 nitrogen and oxygen atoms in total. The molecule has 4 saturated carbocycles. The van der Waals surface area contributed by atoms with Gasteiger partial charge in [0, 0.05) is 17.0 Å². The van der Waals surface area contributed by atoms with Gasteiger partial charge in [0.15, 0.2) is 0 Å².